The van der Waals surface area contributed by atoms with Crippen LogP contribution in [0.1, 0.15) is 33.6 Å². The second-order valence-corrected chi connectivity index (χ2v) is 7.83. The predicted molar refractivity (Wildman–Crippen MR) is 72.5 cm³/mol. The molecule has 2 heterocycles. The van der Waals surface area contributed by atoms with Gasteiger partial charge in [-0.1, -0.05) is 6.92 Å². The van der Waals surface area contributed by atoms with Crippen LogP contribution in [0.5, 0.6) is 0 Å². The molecule has 0 aliphatic carbocycles. The third-order valence-corrected chi connectivity index (χ3v) is 5.73. The molecule has 0 bridgehead atoms. The fraction of sp³-hybridized carbons (Fsp3) is 1.00. The Labute approximate surface area is 111 Å². The molecule has 2 aliphatic rings. The minimum Gasteiger partial charge on any atom is -0.309 e. The van der Waals surface area contributed by atoms with Crippen molar-refractivity contribution < 1.29 is 8.42 Å². The van der Waals surface area contributed by atoms with Crippen molar-refractivity contribution >= 4 is 10.2 Å². The Bertz CT molecular complexity index is 375. The van der Waals surface area contributed by atoms with Gasteiger partial charge in [0.05, 0.1) is 0 Å². The highest BCUT2D eigenvalue weighted by Crippen LogP contribution is 2.21. The average molecular weight is 275 g/mol. The first kappa shape index (κ1) is 14.2. The molecule has 3 unspecified atom stereocenters. The number of nitrogens with zero attached hydrogens (tertiary/aromatic N) is 2. The van der Waals surface area contributed by atoms with Gasteiger partial charge in [0.15, 0.2) is 0 Å². The summed E-state index contributed by atoms with van der Waals surface area (Å²) in [6.45, 7) is 8.72. The van der Waals surface area contributed by atoms with Crippen LogP contribution in [0.3, 0.4) is 0 Å². The summed E-state index contributed by atoms with van der Waals surface area (Å²) in [6.07, 6.45) is 2.12. The molecule has 0 amide bonds. The fourth-order valence-corrected chi connectivity index (χ4v) is 4.94. The molecule has 2 fully saturated rings. The van der Waals surface area contributed by atoms with Crippen molar-refractivity contribution in [3.63, 3.8) is 0 Å². The van der Waals surface area contributed by atoms with Crippen LogP contribution < -0.4 is 5.32 Å². The van der Waals surface area contributed by atoms with Crippen LogP contribution in [0, 0.1) is 5.92 Å². The normalized spacial score (nSPS) is 36.7. The molecule has 18 heavy (non-hydrogen) atoms. The number of piperidine rings is 1. The van der Waals surface area contributed by atoms with Crippen LogP contribution in [-0.2, 0) is 10.2 Å². The average Bonchev–Trinajstić information content (AvgIpc) is 2.27. The Balaban J connectivity index is 2.09. The van der Waals surface area contributed by atoms with Crippen molar-refractivity contribution in [2.75, 3.05) is 26.2 Å². The molecule has 1 N–H and O–H groups in total. The maximum atomic E-state index is 12.6. The first-order valence-corrected chi connectivity index (χ1v) is 8.30. The van der Waals surface area contributed by atoms with E-state index in [0.29, 0.717) is 32.1 Å². The molecule has 0 saturated carbocycles. The standard InChI is InChI=1S/C12H25N3O2S/c1-10-5-4-6-14(7-10)18(16,17)15-8-11(2)13-12(3)9-15/h10-13H,4-9H2,1-3H3. The molecule has 6 heteroatoms. The lowest BCUT2D eigenvalue weighted by Gasteiger charge is -2.39. The third-order valence-electron chi connectivity index (χ3n) is 3.80. The molecular formula is C12H25N3O2S. The van der Waals surface area contributed by atoms with Crippen molar-refractivity contribution in [3.8, 4) is 0 Å². The monoisotopic (exact) mass is 275 g/mol. The maximum absolute atomic E-state index is 12.6. The molecule has 3 atom stereocenters. The van der Waals surface area contributed by atoms with Gasteiger partial charge in [0.2, 0.25) is 0 Å². The number of hydrogen-bond donors (Lipinski definition) is 1. The number of hydrogen-bond acceptors (Lipinski definition) is 3. The van der Waals surface area contributed by atoms with Crippen molar-refractivity contribution in [1.82, 2.24) is 13.9 Å². The van der Waals surface area contributed by atoms with Gasteiger partial charge in [0.1, 0.15) is 0 Å². The van der Waals surface area contributed by atoms with Crippen LogP contribution in [0.25, 0.3) is 0 Å². The summed E-state index contributed by atoms with van der Waals surface area (Å²) in [4.78, 5) is 0. The van der Waals surface area contributed by atoms with Crippen LogP contribution >= 0.6 is 0 Å². The van der Waals surface area contributed by atoms with Crippen LogP contribution in [-0.4, -0.2) is 55.3 Å². The van der Waals surface area contributed by atoms with Crippen molar-refractivity contribution in [2.24, 2.45) is 5.92 Å². The molecule has 0 radical (unpaired) electrons. The Hall–Kier alpha value is -0.170. The predicted octanol–water partition coefficient (Wildman–Crippen LogP) is 0.645. The topological polar surface area (TPSA) is 52.7 Å². The van der Waals surface area contributed by atoms with E-state index in [1.807, 2.05) is 13.8 Å². The van der Waals surface area contributed by atoms with Crippen molar-refractivity contribution in [1.29, 1.82) is 0 Å². The van der Waals surface area contributed by atoms with Gasteiger partial charge in [-0.25, -0.2) is 0 Å². The van der Waals surface area contributed by atoms with E-state index in [4.69, 9.17) is 0 Å². The largest absolute Gasteiger partial charge is 0.309 e. The Morgan fingerprint density at radius 2 is 1.61 bits per heavy atom. The molecular weight excluding hydrogens is 250 g/mol. The van der Waals surface area contributed by atoms with E-state index >= 15 is 0 Å². The Morgan fingerprint density at radius 1 is 1.00 bits per heavy atom. The first-order chi connectivity index (χ1) is 8.39. The lowest BCUT2D eigenvalue weighted by atomic mass is 10.0. The van der Waals surface area contributed by atoms with Gasteiger partial charge in [-0.05, 0) is 32.6 Å². The third kappa shape index (κ3) is 3.04. The smallest absolute Gasteiger partial charge is 0.282 e. The van der Waals surface area contributed by atoms with E-state index in [1.165, 1.54) is 0 Å². The number of rotatable bonds is 2. The van der Waals surface area contributed by atoms with E-state index in [0.717, 1.165) is 12.8 Å². The van der Waals surface area contributed by atoms with E-state index in [9.17, 15) is 8.42 Å². The number of nitrogens with one attached hydrogen (secondary N) is 1. The zero-order valence-electron chi connectivity index (χ0n) is 11.6. The molecule has 2 rings (SSSR count). The Kier molecular flexibility index (Phi) is 4.31. The van der Waals surface area contributed by atoms with Crippen LogP contribution in [0.4, 0.5) is 0 Å². The van der Waals surface area contributed by atoms with Gasteiger partial charge in [0, 0.05) is 38.3 Å². The quantitative estimate of drug-likeness (QED) is 0.805. The molecule has 2 aliphatic heterocycles. The lowest BCUT2D eigenvalue weighted by Crippen LogP contribution is -2.59. The zero-order valence-corrected chi connectivity index (χ0v) is 12.4. The van der Waals surface area contributed by atoms with Gasteiger partial charge in [-0.3, -0.25) is 0 Å². The van der Waals surface area contributed by atoms with Crippen LogP contribution in [0.2, 0.25) is 0 Å². The molecule has 0 aromatic rings. The molecule has 0 aromatic carbocycles. The minimum atomic E-state index is -3.26. The molecule has 106 valence electrons. The summed E-state index contributed by atoms with van der Waals surface area (Å²) in [5.41, 5.74) is 0. The molecule has 0 aromatic heterocycles. The highest BCUT2D eigenvalue weighted by molar-refractivity contribution is 7.86. The minimum absolute atomic E-state index is 0.228. The Morgan fingerprint density at radius 3 is 2.17 bits per heavy atom. The molecule has 2 saturated heterocycles. The second-order valence-electron chi connectivity index (χ2n) is 5.90. The maximum Gasteiger partial charge on any atom is 0.282 e. The number of piperazine rings is 1. The van der Waals surface area contributed by atoms with Crippen LogP contribution in [0.15, 0.2) is 0 Å². The SMILES string of the molecule is CC1CCCN(S(=O)(=O)N2CC(C)NC(C)C2)C1. The summed E-state index contributed by atoms with van der Waals surface area (Å²) in [5.74, 6) is 0.478. The molecule has 0 spiro atoms. The van der Waals surface area contributed by atoms with Gasteiger partial charge >= 0.3 is 0 Å². The van der Waals surface area contributed by atoms with Gasteiger partial charge in [-0.15, -0.1) is 0 Å². The van der Waals surface area contributed by atoms with E-state index in [1.54, 1.807) is 8.61 Å². The van der Waals surface area contributed by atoms with E-state index < -0.39 is 10.2 Å². The summed E-state index contributed by atoms with van der Waals surface area (Å²) >= 11 is 0. The van der Waals surface area contributed by atoms with Gasteiger partial charge in [0.25, 0.3) is 10.2 Å². The van der Waals surface area contributed by atoms with Gasteiger partial charge < -0.3 is 5.32 Å². The highest BCUT2D eigenvalue weighted by atomic mass is 32.2. The molecule has 5 nitrogen and oxygen atoms in total. The van der Waals surface area contributed by atoms with E-state index in [-0.39, 0.29) is 12.1 Å². The second kappa shape index (κ2) is 5.45. The summed E-state index contributed by atoms with van der Waals surface area (Å²) in [6, 6.07) is 0.455. The highest BCUT2D eigenvalue weighted by Gasteiger charge is 2.36. The zero-order chi connectivity index (χ0) is 13.3. The van der Waals surface area contributed by atoms with Crippen molar-refractivity contribution in [2.45, 2.75) is 45.7 Å². The fourth-order valence-electron chi connectivity index (χ4n) is 2.98. The first-order valence-electron chi connectivity index (χ1n) is 6.91. The summed E-state index contributed by atoms with van der Waals surface area (Å²) in [7, 11) is -3.26. The van der Waals surface area contributed by atoms with Crippen molar-refractivity contribution in [3.05, 3.63) is 0 Å². The lowest BCUT2D eigenvalue weighted by molar-refractivity contribution is 0.221. The summed E-state index contributed by atoms with van der Waals surface area (Å²) < 4.78 is 28.5. The van der Waals surface area contributed by atoms with Gasteiger partial charge in [-0.2, -0.15) is 17.0 Å². The summed E-state index contributed by atoms with van der Waals surface area (Å²) in [5, 5.41) is 3.37. The van der Waals surface area contributed by atoms with E-state index in [2.05, 4.69) is 12.2 Å².